The van der Waals surface area contributed by atoms with Crippen molar-refractivity contribution >= 4 is 33.3 Å². The van der Waals surface area contributed by atoms with Crippen molar-refractivity contribution in [3.05, 3.63) is 42.4 Å². The van der Waals surface area contributed by atoms with Gasteiger partial charge in [-0.05, 0) is 38.1 Å². The molecule has 1 unspecified atom stereocenters. The number of nitrogens with one attached hydrogen (secondary N) is 2. The Morgan fingerprint density at radius 2 is 2.00 bits per heavy atom. The Kier molecular flexibility index (Phi) is 8.15. The van der Waals surface area contributed by atoms with Crippen LogP contribution in [0.5, 0.6) is 0 Å². The fourth-order valence-corrected chi connectivity index (χ4v) is 3.84. The highest BCUT2D eigenvalue weighted by molar-refractivity contribution is 7.93. The number of benzene rings is 1. The van der Waals surface area contributed by atoms with E-state index in [1.165, 1.54) is 18.7 Å². The number of aliphatic hydroxyl groups is 2. The van der Waals surface area contributed by atoms with E-state index in [1.807, 2.05) is 0 Å². The molecule has 2 heterocycles. The number of rotatable bonds is 9. The van der Waals surface area contributed by atoms with Gasteiger partial charge < -0.3 is 30.0 Å². The molecule has 4 N–H and O–H groups in total. The first-order valence-electron chi connectivity index (χ1n) is 10.3. The predicted molar refractivity (Wildman–Crippen MR) is 125 cm³/mol. The SMILES string of the molecule is CCOC(=O)N=S(C)(=O)c1ccc(Nc2ncc(-c3nc(CO)co3)c(N[C@H](C)CO)n2)cc1. The first kappa shape index (κ1) is 25.1. The molecule has 3 aromatic rings. The maximum absolute atomic E-state index is 12.7. The number of anilines is 3. The van der Waals surface area contributed by atoms with Crippen molar-refractivity contribution in [2.75, 3.05) is 30.1 Å². The number of aliphatic hydroxyl groups excluding tert-OH is 2. The third kappa shape index (κ3) is 6.27. The van der Waals surface area contributed by atoms with E-state index in [4.69, 9.17) is 9.15 Å². The molecule has 12 nitrogen and oxygen atoms in total. The van der Waals surface area contributed by atoms with Gasteiger partial charge in [0.25, 0.3) is 0 Å². The van der Waals surface area contributed by atoms with Crippen molar-refractivity contribution in [1.82, 2.24) is 15.0 Å². The molecular weight excluding hydrogens is 464 g/mol. The normalized spacial score (nSPS) is 13.6. The largest absolute Gasteiger partial charge is 0.448 e. The van der Waals surface area contributed by atoms with E-state index in [9.17, 15) is 19.2 Å². The lowest BCUT2D eigenvalue weighted by molar-refractivity contribution is 0.164. The van der Waals surface area contributed by atoms with Gasteiger partial charge in [0, 0.05) is 29.1 Å². The zero-order valence-electron chi connectivity index (χ0n) is 18.9. The van der Waals surface area contributed by atoms with E-state index < -0.39 is 15.8 Å². The van der Waals surface area contributed by atoms with Crippen LogP contribution < -0.4 is 10.6 Å². The molecule has 1 amide bonds. The van der Waals surface area contributed by atoms with Gasteiger partial charge in [0.15, 0.2) is 0 Å². The summed E-state index contributed by atoms with van der Waals surface area (Å²) < 4.78 is 26.5. The van der Waals surface area contributed by atoms with Crippen molar-refractivity contribution in [3.63, 3.8) is 0 Å². The van der Waals surface area contributed by atoms with Crippen LogP contribution in [-0.4, -0.2) is 61.0 Å². The van der Waals surface area contributed by atoms with Crippen LogP contribution in [0.25, 0.3) is 11.5 Å². The molecule has 0 fully saturated rings. The highest BCUT2D eigenvalue weighted by Gasteiger charge is 2.17. The van der Waals surface area contributed by atoms with E-state index in [2.05, 4.69) is 29.9 Å². The van der Waals surface area contributed by atoms with Crippen LogP contribution in [0.1, 0.15) is 19.5 Å². The molecule has 3 rings (SSSR count). The van der Waals surface area contributed by atoms with E-state index in [0.717, 1.165) is 0 Å². The van der Waals surface area contributed by atoms with Crippen LogP contribution >= 0.6 is 0 Å². The molecule has 0 spiro atoms. The van der Waals surface area contributed by atoms with Gasteiger partial charge in [0.1, 0.15) is 17.8 Å². The highest BCUT2D eigenvalue weighted by Crippen LogP contribution is 2.28. The zero-order valence-corrected chi connectivity index (χ0v) is 19.7. The summed E-state index contributed by atoms with van der Waals surface area (Å²) >= 11 is 0. The van der Waals surface area contributed by atoms with Crippen LogP contribution in [0.4, 0.5) is 22.2 Å². The standard InChI is InChI=1S/C21H26N6O6S/c1-4-32-21(30)27-34(3,31)16-7-5-14(6-8-16)25-20-22-9-17(18(26-20)23-13(2)10-28)19-24-15(11-29)12-33-19/h5-9,12-13,28-29H,4,10-11H2,1-3H3,(H2,22,23,25,26)/t13-,34?/m1/s1. The summed E-state index contributed by atoms with van der Waals surface area (Å²) in [4.78, 5) is 24.9. The molecule has 2 atom stereocenters. The molecule has 0 aliphatic carbocycles. The lowest BCUT2D eigenvalue weighted by Gasteiger charge is -2.15. The summed E-state index contributed by atoms with van der Waals surface area (Å²) in [5.41, 5.74) is 1.41. The second-order valence-corrected chi connectivity index (χ2v) is 9.49. The molecule has 34 heavy (non-hydrogen) atoms. The van der Waals surface area contributed by atoms with E-state index >= 15 is 0 Å². The number of aromatic nitrogens is 3. The van der Waals surface area contributed by atoms with Crippen LogP contribution in [0.15, 0.2) is 50.4 Å². The van der Waals surface area contributed by atoms with Crippen molar-refractivity contribution < 1.29 is 28.4 Å². The molecule has 182 valence electrons. The topological polar surface area (TPSA) is 172 Å². The van der Waals surface area contributed by atoms with Crippen LogP contribution in [0.3, 0.4) is 0 Å². The Morgan fingerprint density at radius 1 is 1.26 bits per heavy atom. The Balaban J connectivity index is 1.85. The van der Waals surface area contributed by atoms with Crippen molar-refractivity contribution in [3.8, 4) is 11.5 Å². The van der Waals surface area contributed by atoms with Gasteiger partial charge in [-0.15, -0.1) is 4.36 Å². The molecule has 0 bridgehead atoms. The van der Waals surface area contributed by atoms with Crippen molar-refractivity contribution in [2.24, 2.45) is 4.36 Å². The molecule has 1 aromatic carbocycles. The van der Waals surface area contributed by atoms with E-state index in [0.29, 0.717) is 27.7 Å². The molecule has 0 saturated heterocycles. The number of ether oxygens (including phenoxy) is 1. The summed E-state index contributed by atoms with van der Waals surface area (Å²) in [6.07, 6.45) is 3.32. The zero-order chi connectivity index (χ0) is 24.7. The number of nitrogens with zero attached hydrogens (tertiary/aromatic N) is 4. The minimum absolute atomic E-state index is 0.131. The summed E-state index contributed by atoms with van der Waals surface area (Å²) in [6, 6.07) is 6.16. The summed E-state index contributed by atoms with van der Waals surface area (Å²) in [5, 5.41) is 24.8. The van der Waals surface area contributed by atoms with Gasteiger partial charge in [0.2, 0.25) is 11.8 Å². The number of hydrogen-bond donors (Lipinski definition) is 4. The Morgan fingerprint density at radius 3 is 2.62 bits per heavy atom. The third-order valence-electron chi connectivity index (χ3n) is 4.45. The van der Waals surface area contributed by atoms with Crippen LogP contribution in [0, 0.1) is 0 Å². The minimum Gasteiger partial charge on any atom is -0.448 e. The van der Waals surface area contributed by atoms with Gasteiger partial charge in [-0.25, -0.2) is 19.0 Å². The number of carbonyl (C=O) groups excluding carboxylic acids is 1. The maximum Gasteiger partial charge on any atom is 0.442 e. The Labute approximate surface area is 196 Å². The molecule has 0 aliphatic rings. The number of oxazole rings is 1. The average molecular weight is 491 g/mol. The maximum atomic E-state index is 12.7. The van der Waals surface area contributed by atoms with Gasteiger partial charge in [0.05, 0.1) is 35.1 Å². The Bertz CT molecular complexity index is 1250. The van der Waals surface area contributed by atoms with Gasteiger partial charge >= 0.3 is 6.09 Å². The second-order valence-electron chi connectivity index (χ2n) is 7.23. The predicted octanol–water partition coefficient (Wildman–Crippen LogP) is 2.77. The molecular formula is C21H26N6O6S. The first-order valence-corrected chi connectivity index (χ1v) is 12.2. The summed E-state index contributed by atoms with van der Waals surface area (Å²) in [6.45, 7) is 3.16. The third-order valence-corrected chi connectivity index (χ3v) is 6.10. The minimum atomic E-state index is -2.96. The van der Waals surface area contributed by atoms with Crippen LogP contribution in [-0.2, 0) is 21.1 Å². The monoisotopic (exact) mass is 490 g/mol. The quantitative estimate of drug-likeness (QED) is 0.347. The fourth-order valence-electron chi connectivity index (χ4n) is 2.76. The number of carbonyl (C=O) groups is 1. The van der Waals surface area contributed by atoms with E-state index in [1.54, 1.807) is 38.1 Å². The van der Waals surface area contributed by atoms with Crippen molar-refractivity contribution in [1.29, 1.82) is 0 Å². The number of hydrogen-bond acceptors (Lipinski definition) is 11. The molecule has 0 radical (unpaired) electrons. The molecule has 0 saturated carbocycles. The second kappa shape index (κ2) is 11.0. The summed E-state index contributed by atoms with van der Waals surface area (Å²) in [5.74, 6) is 0.828. The average Bonchev–Trinajstić information content (AvgIpc) is 3.28. The van der Waals surface area contributed by atoms with Gasteiger partial charge in [-0.1, -0.05) is 0 Å². The number of amides is 1. The summed E-state index contributed by atoms with van der Waals surface area (Å²) in [7, 11) is -2.96. The van der Waals surface area contributed by atoms with Crippen LogP contribution in [0.2, 0.25) is 0 Å². The lowest BCUT2D eigenvalue weighted by atomic mass is 10.2. The highest BCUT2D eigenvalue weighted by atomic mass is 32.2. The smallest absolute Gasteiger partial charge is 0.442 e. The fraction of sp³-hybridized carbons (Fsp3) is 0.333. The lowest BCUT2D eigenvalue weighted by Crippen LogP contribution is -2.21. The Hall–Kier alpha value is -3.55. The molecule has 13 heteroatoms. The van der Waals surface area contributed by atoms with Gasteiger partial charge in [-0.3, -0.25) is 0 Å². The van der Waals surface area contributed by atoms with Gasteiger partial charge in [-0.2, -0.15) is 4.98 Å². The molecule has 2 aromatic heterocycles. The molecule has 0 aliphatic heterocycles. The van der Waals surface area contributed by atoms with Crippen molar-refractivity contribution in [2.45, 2.75) is 31.4 Å². The first-order chi connectivity index (χ1) is 16.2. The van der Waals surface area contributed by atoms with E-state index in [-0.39, 0.29) is 37.7 Å².